The summed E-state index contributed by atoms with van der Waals surface area (Å²) in [5.41, 5.74) is 1.29. The standard InChI is InChI=1S/C19H25N5O2S/c1-19(2,25)15-12-16(24-8-10-26-11-9-24)23-17(22-15)13-4-6-14(7-5-13)21-18(27)20-3/h4-7,12,25H,8-11H2,1-3H3,(H2,20,21,27). The molecule has 0 saturated carbocycles. The van der Waals surface area contributed by atoms with E-state index >= 15 is 0 Å². The van der Waals surface area contributed by atoms with Crippen LogP contribution in [0.4, 0.5) is 11.5 Å². The quantitative estimate of drug-likeness (QED) is 0.689. The highest BCUT2D eigenvalue weighted by Crippen LogP contribution is 2.27. The van der Waals surface area contributed by atoms with Crippen molar-refractivity contribution in [1.82, 2.24) is 15.3 Å². The predicted octanol–water partition coefficient (Wildman–Crippen LogP) is 2.12. The summed E-state index contributed by atoms with van der Waals surface area (Å²) in [6, 6.07) is 9.58. The van der Waals surface area contributed by atoms with E-state index in [1.165, 1.54) is 0 Å². The van der Waals surface area contributed by atoms with Gasteiger partial charge in [-0.15, -0.1) is 0 Å². The van der Waals surface area contributed by atoms with Crippen LogP contribution in [0.3, 0.4) is 0 Å². The van der Waals surface area contributed by atoms with Crippen LogP contribution in [0, 0.1) is 0 Å². The molecule has 0 unspecified atom stereocenters. The molecule has 1 aromatic carbocycles. The number of nitrogens with zero attached hydrogens (tertiary/aromatic N) is 3. The van der Waals surface area contributed by atoms with Crippen LogP contribution in [0.25, 0.3) is 11.4 Å². The molecule has 0 atom stereocenters. The van der Waals surface area contributed by atoms with Crippen LogP contribution in [-0.4, -0.2) is 53.5 Å². The number of anilines is 2. The molecule has 1 saturated heterocycles. The minimum absolute atomic E-state index is 0.553. The third kappa shape index (κ3) is 4.91. The SMILES string of the molecule is CNC(=S)Nc1ccc(-c2nc(N3CCOCC3)cc(C(C)(C)O)n2)cc1. The Hall–Kier alpha value is -2.29. The highest BCUT2D eigenvalue weighted by molar-refractivity contribution is 7.80. The van der Waals surface area contributed by atoms with Crippen molar-refractivity contribution in [2.75, 3.05) is 43.6 Å². The molecule has 27 heavy (non-hydrogen) atoms. The molecule has 3 N–H and O–H groups in total. The summed E-state index contributed by atoms with van der Waals surface area (Å²) in [6.45, 7) is 6.34. The van der Waals surface area contributed by atoms with Gasteiger partial charge < -0.3 is 25.4 Å². The number of ether oxygens (including phenoxy) is 1. The van der Waals surface area contributed by atoms with E-state index in [1.807, 2.05) is 30.3 Å². The molecule has 7 nitrogen and oxygen atoms in total. The average molecular weight is 388 g/mol. The topological polar surface area (TPSA) is 82.5 Å². The van der Waals surface area contributed by atoms with Crippen LogP contribution in [0.2, 0.25) is 0 Å². The Morgan fingerprint density at radius 1 is 1.19 bits per heavy atom. The molecule has 3 rings (SSSR count). The number of thiocarbonyl (C=S) groups is 1. The molecule has 1 fully saturated rings. The largest absolute Gasteiger partial charge is 0.384 e. The molecule has 0 amide bonds. The molecule has 1 aliphatic rings. The lowest BCUT2D eigenvalue weighted by molar-refractivity contribution is 0.0738. The van der Waals surface area contributed by atoms with Gasteiger partial charge in [-0.25, -0.2) is 9.97 Å². The van der Waals surface area contributed by atoms with Gasteiger partial charge in [0.25, 0.3) is 0 Å². The van der Waals surface area contributed by atoms with Gasteiger partial charge in [0.15, 0.2) is 10.9 Å². The summed E-state index contributed by atoms with van der Waals surface area (Å²) in [5.74, 6) is 1.39. The van der Waals surface area contributed by atoms with E-state index in [0.717, 1.165) is 30.2 Å². The number of morpholine rings is 1. The first-order chi connectivity index (χ1) is 12.9. The van der Waals surface area contributed by atoms with Crippen LogP contribution in [0.1, 0.15) is 19.5 Å². The number of hydrogen-bond acceptors (Lipinski definition) is 6. The molecule has 1 aliphatic heterocycles. The first-order valence-corrected chi connectivity index (χ1v) is 9.31. The maximum Gasteiger partial charge on any atom is 0.170 e. The second-order valence-electron chi connectivity index (χ2n) is 6.87. The van der Waals surface area contributed by atoms with Crippen molar-refractivity contribution in [2.24, 2.45) is 0 Å². The van der Waals surface area contributed by atoms with E-state index in [-0.39, 0.29) is 0 Å². The Bertz CT molecular complexity index is 799. The maximum atomic E-state index is 10.5. The molecule has 8 heteroatoms. The number of benzene rings is 1. The van der Waals surface area contributed by atoms with E-state index < -0.39 is 5.60 Å². The van der Waals surface area contributed by atoms with Gasteiger partial charge in [-0.3, -0.25) is 0 Å². The first-order valence-electron chi connectivity index (χ1n) is 8.90. The normalized spacial score (nSPS) is 14.7. The molecule has 2 heterocycles. The maximum absolute atomic E-state index is 10.5. The zero-order valence-electron chi connectivity index (χ0n) is 15.8. The lowest BCUT2D eigenvalue weighted by Crippen LogP contribution is -2.37. The van der Waals surface area contributed by atoms with Crippen LogP contribution < -0.4 is 15.5 Å². The first kappa shape index (κ1) is 19.5. The van der Waals surface area contributed by atoms with Crippen LogP contribution in [-0.2, 0) is 10.3 Å². The van der Waals surface area contributed by atoms with Crippen molar-refractivity contribution in [3.63, 3.8) is 0 Å². The molecule has 2 aromatic rings. The zero-order chi connectivity index (χ0) is 19.4. The molecule has 0 bridgehead atoms. The number of rotatable bonds is 4. The summed E-state index contributed by atoms with van der Waals surface area (Å²) in [4.78, 5) is 11.5. The average Bonchev–Trinajstić information content (AvgIpc) is 2.68. The van der Waals surface area contributed by atoms with Gasteiger partial charge in [-0.05, 0) is 50.3 Å². The fourth-order valence-corrected chi connectivity index (χ4v) is 2.85. The van der Waals surface area contributed by atoms with Gasteiger partial charge in [0.2, 0.25) is 0 Å². The van der Waals surface area contributed by atoms with Gasteiger partial charge in [0.05, 0.1) is 18.9 Å². The van der Waals surface area contributed by atoms with Gasteiger partial charge in [-0.2, -0.15) is 0 Å². The van der Waals surface area contributed by atoms with Crippen molar-refractivity contribution in [1.29, 1.82) is 0 Å². The van der Waals surface area contributed by atoms with Crippen molar-refractivity contribution in [3.8, 4) is 11.4 Å². The third-order valence-electron chi connectivity index (χ3n) is 4.30. The number of hydrogen-bond donors (Lipinski definition) is 3. The monoisotopic (exact) mass is 387 g/mol. The fraction of sp³-hybridized carbons (Fsp3) is 0.421. The molecular formula is C19H25N5O2S. The Balaban J connectivity index is 1.94. The summed E-state index contributed by atoms with van der Waals surface area (Å²) in [7, 11) is 1.77. The summed E-state index contributed by atoms with van der Waals surface area (Å²) in [6.07, 6.45) is 0. The van der Waals surface area contributed by atoms with E-state index in [4.69, 9.17) is 21.9 Å². The summed E-state index contributed by atoms with van der Waals surface area (Å²) >= 11 is 5.12. The highest BCUT2D eigenvalue weighted by atomic mass is 32.1. The van der Waals surface area contributed by atoms with Crippen molar-refractivity contribution >= 4 is 28.8 Å². The number of aliphatic hydroxyl groups is 1. The van der Waals surface area contributed by atoms with Crippen molar-refractivity contribution in [3.05, 3.63) is 36.0 Å². The Labute approximate surface area is 164 Å². The second kappa shape index (κ2) is 8.16. The minimum atomic E-state index is -1.06. The van der Waals surface area contributed by atoms with Crippen LogP contribution in [0.5, 0.6) is 0 Å². The summed E-state index contributed by atoms with van der Waals surface area (Å²) < 4.78 is 5.43. The highest BCUT2D eigenvalue weighted by Gasteiger charge is 2.23. The molecular weight excluding hydrogens is 362 g/mol. The smallest absolute Gasteiger partial charge is 0.170 e. The molecule has 144 valence electrons. The Morgan fingerprint density at radius 2 is 1.85 bits per heavy atom. The van der Waals surface area contributed by atoms with Gasteiger partial charge in [0, 0.05) is 37.5 Å². The van der Waals surface area contributed by atoms with Crippen molar-refractivity contribution < 1.29 is 9.84 Å². The minimum Gasteiger partial charge on any atom is -0.384 e. The van der Waals surface area contributed by atoms with E-state index in [0.29, 0.717) is 29.8 Å². The zero-order valence-corrected chi connectivity index (χ0v) is 16.6. The van der Waals surface area contributed by atoms with Crippen LogP contribution >= 0.6 is 12.2 Å². The van der Waals surface area contributed by atoms with E-state index in [2.05, 4.69) is 20.5 Å². The molecule has 1 aromatic heterocycles. The van der Waals surface area contributed by atoms with Gasteiger partial charge in [-0.1, -0.05) is 0 Å². The summed E-state index contributed by atoms with van der Waals surface area (Å²) in [5, 5.41) is 17.0. The lowest BCUT2D eigenvalue weighted by atomic mass is 10.0. The molecule has 0 spiro atoms. The van der Waals surface area contributed by atoms with E-state index in [9.17, 15) is 5.11 Å². The number of nitrogens with one attached hydrogen (secondary N) is 2. The van der Waals surface area contributed by atoms with Crippen molar-refractivity contribution in [2.45, 2.75) is 19.4 Å². The van der Waals surface area contributed by atoms with E-state index in [1.54, 1.807) is 20.9 Å². The fourth-order valence-electron chi connectivity index (χ4n) is 2.73. The molecule has 0 radical (unpaired) electrons. The Kier molecular flexibility index (Phi) is 5.88. The second-order valence-corrected chi connectivity index (χ2v) is 7.28. The van der Waals surface area contributed by atoms with Gasteiger partial charge in [0.1, 0.15) is 11.4 Å². The van der Waals surface area contributed by atoms with Gasteiger partial charge >= 0.3 is 0 Å². The predicted molar refractivity (Wildman–Crippen MR) is 111 cm³/mol. The lowest BCUT2D eigenvalue weighted by Gasteiger charge is -2.29. The third-order valence-corrected chi connectivity index (χ3v) is 4.61. The number of aromatic nitrogens is 2. The molecule has 0 aliphatic carbocycles. The van der Waals surface area contributed by atoms with Crippen LogP contribution in [0.15, 0.2) is 30.3 Å². The Morgan fingerprint density at radius 3 is 2.44 bits per heavy atom.